The largest absolute Gasteiger partial charge is 0.322 e. The number of amides is 1. The molecule has 0 fully saturated rings. The lowest BCUT2D eigenvalue weighted by Gasteiger charge is -2.28. The maximum Gasteiger partial charge on any atom is 0.255 e. The van der Waals surface area contributed by atoms with Crippen LogP contribution in [-0.4, -0.2) is 30.9 Å². The molecule has 29 heavy (non-hydrogen) atoms. The van der Waals surface area contributed by atoms with Gasteiger partial charge in [0.15, 0.2) is 0 Å². The van der Waals surface area contributed by atoms with Crippen LogP contribution in [-0.2, 0) is 28.4 Å². The predicted molar refractivity (Wildman–Crippen MR) is 118 cm³/mol. The average Bonchev–Trinajstić information content (AvgIpc) is 2.66. The van der Waals surface area contributed by atoms with Crippen LogP contribution in [0.15, 0.2) is 42.5 Å². The van der Waals surface area contributed by atoms with E-state index < -0.39 is 10.0 Å². The molecule has 1 heterocycles. The number of carbonyl (C=O) groups excluding carboxylic acids is 1. The van der Waals surface area contributed by atoms with Crippen molar-refractivity contribution in [3.05, 3.63) is 64.7 Å². The van der Waals surface area contributed by atoms with Gasteiger partial charge < -0.3 is 5.32 Å². The number of hydrogen-bond acceptors (Lipinski definition) is 3. The van der Waals surface area contributed by atoms with Crippen LogP contribution in [0, 0.1) is 0 Å². The number of nitrogens with one attached hydrogen (secondary N) is 1. The molecule has 0 aliphatic carbocycles. The smallest absolute Gasteiger partial charge is 0.255 e. The fourth-order valence-corrected chi connectivity index (χ4v) is 5.04. The second-order valence-corrected chi connectivity index (χ2v) is 10.8. The molecule has 156 valence electrons. The van der Waals surface area contributed by atoms with Gasteiger partial charge in [0.05, 0.1) is 5.75 Å². The van der Waals surface area contributed by atoms with E-state index in [4.69, 9.17) is 0 Å². The van der Waals surface area contributed by atoms with E-state index in [1.54, 1.807) is 4.31 Å². The van der Waals surface area contributed by atoms with Crippen LogP contribution in [0.4, 0.5) is 5.69 Å². The zero-order valence-electron chi connectivity index (χ0n) is 17.7. The van der Waals surface area contributed by atoms with Crippen LogP contribution in [0.5, 0.6) is 0 Å². The van der Waals surface area contributed by atoms with Crippen molar-refractivity contribution in [1.82, 2.24) is 4.31 Å². The number of anilines is 1. The molecule has 0 saturated carbocycles. The van der Waals surface area contributed by atoms with E-state index in [1.807, 2.05) is 49.4 Å². The first-order valence-electron chi connectivity index (χ1n) is 10.1. The molecule has 1 aliphatic rings. The van der Waals surface area contributed by atoms with Crippen molar-refractivity contribution in [2.24, 2.45) is 0 Å². The molecular formula is C23H30N2O3S. The van der Waals surface area contributed by atoms with Gasteiger partial charge in [-0.1, -0.05) is 45.9 Å². The van der Waals surface area contributed by atoms with E-state index in [0.29, 0.717) is 37.2 Å². The summed E-state index contributed by atoms with van der Waals surface area (Å²) in [6.07, 6.45) is 1.30. The summed E-state index contributed by atoms with van der Waals surface area (Å²) in [6.45, 7) is 9.16. The van der Waals surface area contributed by atoms with Crippen molar-refractivity contribution in [2.45, 2.75) is 52.5 Å². The lowest BCUT2D eigenvalue weighted by molar-refractivity contribution is 0.102. The van der Waals surface area contributed by atoms with E-state index in [2.05, 4.69) is 26.1 Å². The first kappa shape index (κ1) is 21.5. The summed E-state index contributed by atoms with van der Waals surface area (Å²) in [5, 5.41) is 2.94. The van der Waals surface area contributed by atoms with Gasteiger partial charge in [0, 0.05) is 24.3 Å². The molecule has 2 aromatic rings. The molecule has 1 aliphatic heterocycles. The molecule has 0 radical (unpaired) electrons. The van der Waals surface area contributed by atoms with Crippen LogP contribution in [0.25, 0.3) is 0 Å². The van der Waals surface area contributed by atoms with Crippen molar-refractivity contribution in [3.63, 3.8) is 0 Å². The summed E-state index contributed by atoms with van der Waals surface area (Å²) in [5.74, 6) is 0.000220. The van der Waals surface area contributed by atoms with Gasteiger partial charge in [-0.2, -0.15) is 4.31 Å². The molecule has 1 N–H and O–H groups in total. The predicted octanol–water partition coefficient (Wildman–Crippen LogP) is 4.33. The fraction of sp³-hybridized carbons (Fsp3) is 0.435. The average molecular weight is 415 g/mol. The first-order chi connectivity index (χ1) is 13.6. The quantitative estimate of drug-likeness (QED) is 0.792. The van der Waals surface area contributed by atoms with E-state index in [1.165, 1.54) is 5.56 Å². The minimum Gasteiger partial charge on any atom is -0.322 e. The van der Waals surface area contributed by atoms with E-state index in [-0.39, 0.29) is 17.1 Å². The summed E-state index contributed by atoms with van der Waals surface area (Å²) in [6, 6.07) is 13.4. The van der Waals surface area contributed by atoms with E-state index in [0.717, 1.165) is 11.1 Å². The Bertz CT molecular complexity index is 990. The minimum atomic E-state index is -3.23. The van der Waals surface area contributed by atoms with Crippen molar-refractivity contribution in [1.29, 1.82) is 0 Å². The Hall–Kier alpha value is -2.18. The molecule has 0 unspecified atom stereocenters. The number of sulfonamides is 1. The Morgan fingerprint density at radius 2 is 1.76 bits per heavy atom. The molecule has 0 bridgehead atoms. The highest BCUT2D eigenvalue weighted by molar-refractivity contribution is 7.89. The number of fused-ring (bicyclic) bond motifs is 1. The van der Waals surface area contributed by atoms with Crippen molar-refractivity contribution >= 4 is 21.6 Å². The Kier molecular flexibility index (Phi) is 6.15. The zero-order valence-corrected chi connectivity index (χ0v) is 18.5. The molecule has 0 spiro atoms. The Morgan fingerprint density at radius 3 is 2.38 bits per heavy atom. The highest BCUT2D eigenvalue weighted by Gasteiger charge is 2.26. The number of benzene rings is 2. The zero-order chi connectivity index (χ0) is 21.2. The number of carbonyl (C=O) groups is 1. The van der Waals surface area contributed by atoms with Gasteiger partial charge in [0.25, 0.3) is 5.91 Å². The molecule has 2 aromatic carbocycles. The summed E-state index contributed by atoms with van der Waals surface area (Å²) < 4.78 is 26.3. The first-order valence-corrected chi connectivity index (χ1v) is 11.7. The summed E-state index contributed by atoms with van der Waals surface area (Å²) in [4.78, 5) is 12.6. The van der Waals surface area contributed by atoms with Gasteiger partial charge in [0.2, 0.25) is 10.0 Å². The molecular weight excluding hydrogens is 384 g/mol. The van der Waals surface area contributed by atoms with Gasteiger partial charge in [-0.25, -0.2) is 8.42 Å². The second-order valence-electron chi connectivity index (χ2n) is 8.66. The van der Waals surface area contributed by atoms with Gasteiger partial charge in [-0.05, 0) is 59.2 Å². The highest BCUT2D eigenvalue weighted by Crippen LogP contribution is 2.26. The van der Waals surface area contributed by atoms with Crippen molar-refractivity contribution < 1.29 is 13.2 Å². The molecule has 5 nitrogen and oxygen atoms in total. The van der Waals surface area contributed by atoms with Gasteiger partial charge in [-0.3, -0.25) is 4.79 Å². The third-order valence-electron chi connectivity index (χ3n) is 5.31. The monoisotopic (exact) mass is 414 g/mol. The SMILES string of the molecule is CCCS(=O)(=O)N1CCc2ccc(NC(=O)c3ccc(C(C)(C)C)cc3)cc2C1. The standard InChI is InChI=1S/C23H30N2O3S/c1-5-14-29(27,28)25-13-12-17-8-11-21(15-19(17)16-25)24-22(26)18-6-9-20(10-7-18)23(2,3)4/h6-11,15H,5,12-14,16H2,1-4H3,(H,24,26). The fourth-order valence-electron chi connectivity index (χ4n) is 3.56. The third kappa shape index (κ3) is 5.06. The van der Waals surface area contributed by atoms with E-state index >= 15 is 0 Å². The van der Waals surface area contributed by atoms with Crippen LogP contribution in [0.1, 0.15) is 61.2 Å². The van der Waals surface area contributed by atoms with Crippen LogP contribution >= 0.6 is 0 Å². The lowest BCUT2D eigenvalue weighted by Crippen LogP contribution is -2.37. The molecule has 1 amide bonds. The van der Waals surface area contributed by atoms with Crippen molar-refractivity contribution in [2.75, 3.05) is 17.6 Å². The molecule has 3 rings (SSSR count). The summed E-state index contributed by atoms with van der Waals surface area (Å²) in [7, 11) is -3.23. The van der Waals surface area contributed by atoms with Crippen LogP contribution in [0.3, 0.4) is 0 Å². The Labute approximate surface area is 174 Å². The number of rotatable bonds is 5. The Balaban J connectivity index is 1.74. The van der Waals surface area contributed by atoms with Gasteiger partial charge in [0.1, 0.15) is 0 Å². The topological polar surface area (TPSA) is 66.5 Å². The summed E-state index contributed by atoms with van der Waals surface area (Å²) >= 11 is 0. The molecule has 0 saturated heterocycles. The highest BCUT2D eigenvalue weighted by atomic mass is 32.2. The van der Waals surface area contributed by atoms with Crippen LogP contribution in [0.2, 0.25) is 0 Å². The summed E-state index contributed by atoms with van der Waals surface area (Å²) in [5.41, 5.74) is 4.59. The maximum atomic E-state index is 12.6. The van der Waals surface area contributed by atoms with Gasteiger partial charge in [-0.15, -0.1) is 0 Å². The number of nitrogens with zero attached hydrogens (tertiary/aromatic N) is 1. The second kappa shape index (κ2) is 8.28. The van der Waals surface area contributed by atoms with Crippen LogP contribution < -0.4 is 5.32 Å². The lowest BCUT2D eigenvalue weighted by atomic mass is 9.87. The Morgan fingerprint density at radius 1 is 1.07 bits per heavy atom. The third-order valence-corrected chi connectivity index (χ3v) is 7.33. The molecule has 0 atom stereocenters. The molecule has 6 heteroatoms. The normalized spacial score (nSPS) is 15.0. The van der Waals surface area contributed by atoms with Gasteiger partial charge >= 0.3 is 0 Å². The minimum absolute atomic E-state index is 0.0392. The van der Waals surface area contributed by atoms with E-state index in [9.17, 15) is 13.2 Å². The number of hydrogen-bond donors (Lipinski definition) is 1. The van der Waals surface area contributed by atoms with Crippen molar-refractivity contribution in [3.8, 4) is 0 Å². The maximum absolute atomic E-state index is 12.6. The molecule has 0 aromatic heterocycles.